The molecule has 21 heavy (non-hydrogen) atoms. The number of aliphatic hydroxyl groups is 1. The smallest absolute Gasteiger partial charge is 0.231 e. The van der Waals surface area contributed by atoms with Gasteiger partial charge in [0.1, 0.15) is 0 Å². The van der Waals surface area contributed by atoms with Crippen molar-refractivity contribution in [1.29, 1.82) is 0 Å². The molecule has 0 aromatic carbocycles. The van der Waals surface area contributed by atoms with Crippen LogP contribution in [0.5, 0.6) is 0 Å². The molecule has 1 aromatic rings. The highest BCUT2D eigenvalue weighted by molar-refractivity contribution is 6.28. The number of hydrogen-bond acceptors (Lipinski definition) is 6. The van der Waals surface area contributed by atoms with E-state index in [1.54, 1.807) is 6.92 Å². The van der Waals surface area contributed by atoms with Crippen molar-refractivity contribution in [1.82, 2.24) is 15.0 Å². The quantitative estimate of drug-likeness (QED) is 0.768. The first-order valence-electron chi connectivity index (χ1n) is 7.40. The summed E-state index contributed by atoms with van der Waals surface area (Å²) in [6.45, 7) is 12.0. The summed E-state index contributed by atoms with van der Waals surface area (Å²) in [5.74, 6) is 1.35. The van der Waals surface area contributed by atoms with E-state index in [2.05, 4.69) is 34.1 Å². The fourth-order valence-corrected chi connectivity index (χ4v) is 2.44. The molecule has 1 rings (SSSR count). The second kappa shape index (κ2) is 7.75. The molecule has 0 saturated heterocycles. The lowest BCUT2D eigenvalue weighted by Crippen LogP contribution is -2.35. The summed E-state index contributed by atoms with van der Waals surface area (Å²) in [5, 5.41) is 13.5. The van der Waals surface area contributed by atoms with E-state index in [0.29, 0.717) is 30.8 Å². The molecule has 120 valence electrons. The monoisotopic (exact) mass is 315 g/mol. The lowest BCUT2D eigenvalue weighted by Gasteiger charge is -2.26. The zero-order valence-electron chi connectivity index (χ0n) is 13.5. The Hall–Kier alpha value is -1.14. The molecule has 1 unspecified atom stereocenters. The summed E-state index contributed by atoms with van der Waals surface area (Å²) in [4.78, 5) is 14.5. The Labute approximate surface area is 132 Å². The number of halogens is 1. The Bertz CT molecular complexity index is 449. The maximum Gasteiger partial charge on any atom is 0.231 e. The van der Waals surface area contributed by atoms with E-state index in [4.69, 9.17) is 11.6 Å². The molecule has 0 fully saturated rings. The average Bonchev–Trinajstić information content (AvgIpc) is 2.36. The fraction of sp³-hybridized carbons (Fsp3) is 0.786. The Morgan fingerprint density at radius 2 is 1.86 bits per heavy atom. The van der Waals surface area contributed by atoms with Crippen molar-refractivity contribution in [3.05, 3.63) is 5.28 Å². The summed E-state index contributed by atoms with van der Waals surface area (Å²) in [5.41, 5.74) is -0.817. The third kappa shape index (κ3) is 6.01. The molecule has 1 aromatic heterocycles. The van der Waals surface area contributed by atoms with E-state index in [1.165, 1.54) is 0 Å². The van der Waals surface area contributed by atoms with E-state index >= 15 is 0 Å². The molecule has 1 atom stereocenters. The van der Waals surface area contributed by atoms with Gasteiger partial charge in [-0.25, -0.2) is 0 Å². The predicted octanol–water partition coefficient (Wildman–Crippen LogP) is 2.58. The third-order valence-electron chi connectivity index (χ3n) is 3.12. The maximum absolute atomic E-state index is 10.3. The Kier molecular flexibility index (Phi) is 6.61. The first kappa shape index (κ1) is 17.9. The molecular weight excluding hydrogens is 290 g/mol. The zero-order valence-corrected chi connectivity index (χ0v) is 14.3. The van der Waals surface area contributed by atoms with Crippen molar-refractivity contribution in [2.24, 2.45) is 5.92 Å². The highest BCUT2D eigenvalue weighted by Gasteiger charge is 2.22. The van der Waals surface area contributed by atoms with E-state index in [0.717, 1.165) is 13.1 Å². The van der Waals surface area contributed by atoms with Gasteiger partial charge in [-0.1, -0.05) is 13.8 Å². The number of nitrogens with zero attached hydrogens (tertiary/aromatic N) is 4. The van der Waals surface area contributed by atoms with Crippen LogP contribution < -0.4 is 10.2 Å². The molecule has 0 bridgehead atoms. The maximum atomic E-state index is 10.3. The Balaban J connectivity index is 2.80. The van der Waals surface area contributed by atoms with Gasteiger partial charge < -0.3 is 15.3 Å². The normalized spacial score (nSPS) is 14.1. The van der Waals surface area contributed by atoms with Crippen LogP contribution in [0.1, 0.15) is 41.0 Å². The topological polar surface area (TPSA) is 74.2 Å². The molecule has 0 aliphatic rings. The van der Waals surface area contributed by atoms with Crippen molar-refractivity contribution < 1.29 is 5.11 Å². The predicted molar refractivity (Wildman–Crippen MR) is 87.0 cm³/mol. The Morgan fingerprint density at radius 1 is 1.24 bits per heavy atom. The molecule has 7 heteroatoms. The van der Waals surface area contributed by atoms with Gasteiger partial charge in [-0.3, -0.25) is 0 Å². The summed E-state index contributed by atoms with van der Waals surface area (Å²) < 4.78 is 0. The molecular formula is C14H26ClN5O. The molecule has 0 radical (unpaired) electrons. The highest BCUT2D eigenvalue weighted by Crippen LogP contribution is 2.18. The van der Waals surface area contributed by atoms with Crippen LogP contribution >= 0.6 is 11.6 Å². The SMILES string of the molecule is CCN(CC)c1nc(Cl)nc(NCC(C)(O)CC(C)C)n1. The van der Waals surface area contributed by atoms with Gasteiger partial charge in [-0.2, -0.15) is 15.0 Å². The van der Waals surface area contributed by atoms with Crippen LogP contribution in [0.4, 0.5) is 11.9 Å². The molecule has 0 saturated carbocycles. The van der Waals surface area contributed by atoms with Crippen LogP contribution in [0, 0.1) is 5.92 Å². The van der Waals surface area contributed by atoms with Crippen molar-refractivity contribution >= 4 is 23.5 Å². The van der Waals surface area contributed by atoms with Crippen LogP contribution in [0.2, 0.25) is 5.28 Å². The number of rotatable bonds is 8. The first-order valence-corrected chi connectivity index (χ1v) is 7.78. The summed E-state index contributed by atoms with van der Waals surface area (Å²) in [6.07, 6.45) is 0.696. The van der Waals surface area contributed by atoms with Crippen molar-refractivity contribution in [3.63, 3.8) is 0 Å². The lowest BCUT2D eigenvalue weighted by molar-refractivity contribution is 0.0514. The average molecular weight is 316 g/mol. The molecule has 1 heterocycles. The molecule has 6 nitrogen and oxygen atoms in total. The van der Waals surface area contributed by atoms with Gasteiger partial charge >= 0.3 is 0 Å². The zero-order chi connectivity index (χ0) is 16.0. The molecule has 0 spiro atoms. The Morgan fingerprint density at radius 3 is 2.38 bits per heavy atom. The third-order valence-corrected chi connectivity index (χ3v) is 3.29. The van der Waals surface area contributed by atoms with Gasteiger partial charge in [-0.05, 0) is 44.7 Å². The van der Waals surface area contributed by atoms with Crippen LogP contribution in [0.3, 0.4) is 0 Å². The molecule has 0 amide bonds. The summed E-state index contributed by atoms with van der Waals surface area (Å²) in [6, 6.07) is 0. The lowest BCUT2D eigenvalue weighted by atomic mass is 9.94. The van der Waals surface area contributed by atoms with E-state index in [1.807, 2.05) is 18.7 Å². The summed E-state index contributed by atoms with van der Waals surface area (Å²) in [7, 11) is 0. The summed E-state index contributed by atoms with van der Waals surface area (Å²) >= 11 is 5.95. The van der Waals surface area contributed by atoms with Crippen molar-refractivity contribution in [3.8, 4) is 0 Å². The minimum atomic E-state index is -0.817. The van der Waals surface area contributed by atoms with Crippen LogP contribution in [-0.2, 0) is 0 Å². The fourth-order valence-electron chi connectivity index (χ4n) is 2.29. The number of anilines is 2. The van der Waals surface area contributed by atoms with Gasteiger partial charge in [0, 0.05) is 19.6 Å². The minimum absolute atomic E-state index is 0.151. The number of hydrogen-bond donors (Lipinski definition) is 2. The second-order valence-corrected chi connectivity index (χ2v) is 6.19. The van der Waals surface area contributed by atoms with Gasteiger partial charge in [0.2, 0.25) is 17.2 Å². The van der Waals surface area contributed by atoms with Crippen LogP contribution in [-0.4, -0.2) is 45.3 Å². The van der Waals surface area contributed by atoms with Crippen LogP contribution in [0.15, 0.2) is 0 Å². The van der Waals surface area contributed by atoms with E-state index in [9.17, 15) is 5.11 Å². The second-order valence-electron chi connectivity index (χ2n) is 5.85. The molecule has 2 N–H and O–H groups in total. The number of aromatic nitrogens is 3. The minimum Gasteiger partial charge on any atom is -0.388 e. The van der Waals surface area contributed by atoms with Crippen LogP contribution in [0.25, 0.3) is 0 Å². The van der Waals surface area contributed by atoms with Gasteiger partial charge in [-0.15, -0.1) is 0 Å². The molecule has 0 aliphatic carbocycles. The first-order chi connectivity index (χ1) is 9.77. The van der Waals surface area contributed by atoms with Gasteiger partial charge in [0.25, 0.3) is 0 Å². The van der Waals surface area contributed by atoms with Crippen molar-refractivity contribution in [2.45, 2.75) is 46.6 Å². The van der Waals surface area contributed by atoms with E-state index < -0.39 is 5.60 Å². The largest absolute Gasteiger partial charge is 0.388 e. The van der Waals surface area contributed by atoms with Crippen molar-refractivity contribution in [2.75, 3.05) is 29.9 Å². The highest BCUT2D eigenvalue weighted by atomic mass is 35.5. The standard InChI is InChI=1S/C14H26ClN5O/c1-6-20(7-2)13-18-11(15)17-12(19-13)16-9-14(5,21)8-10(3)4/h10,21H,6-9H2,1-5H3,(H,16,17,18,19). The number of nitrogens with one attached hydrogen (secondary N) is 1. The van der Waals surface area contributed by atoms with Gasteiger partial charge in [0.05, 0.1) is 5.60 Å². The van der Waals surface area contributed by atoms with Gasteiger partial charge in [0.15, 0.2) is 0 Å². The molecule has 0 aliphatic heterocycles. The van der Waals surface area contributed by atoms with E-state index in [-0.39, 0.29) is 5.28 Å².